The van der Waals surface area contributed by atoms with E-state index in [0.29, 0.717) is 37.8 Å². The van der Waals surface area contributed by atoms with Crippen molar-refractivity contribution in [3.8, 4) is 10.4 Å². The molecule has 0 unspecified atom stereocenters. The molecule has 1 aromatic carbocycles. The zero-order valence-corrected chi connectivity index (χ0v) is 20.0. The van der Waals surface area contributed by atoms with Gasteiger partial charge in [-0.3, -0.25) is 4.79 Å². The molecule has 1 aliphatic rings. The van der Waals surface area contributed by atoms with Gasteiger partial charge in [0.15, 0.2) is 6.61 Å². The zero-order valence-electron chi connectivity index (χ0n) is 19.2. The fraction of sp³-hybridized carbons (Fsp3) is 0.280. The summed E-state index contributed by atoms with van der Waals surface area (Å²) in [6.07, 6.45) is 1.60. The number of pyridine rings is 1. The number of nitrogens with one attached hydrogen (secondary N) is 1. The van der Waals surface area contributed by atoms with Gasteiger partial charge in [-0.25, -0.2) is 14.6 Å². The van der Waals surface area contributed by atoms with Crippen LogP contribution in [-0.2, 0) is 19.0 Å². The zero-order chi connectivity index (χ0) is 24.6. The van der Waals surface area contributed by atoms with Gasteiger partial charge in [-0.2, -0.15) is 0 Å². The molecule has 9 nitrogen and oxygen atoms in total. The van der Waals surface area contributed by atoms with Gasteiger partial charge in [0.05, 0.1) is 25.5 Å². The highest BCUT2D eigenvalue weighted by atomic mass is 32.1. The lowest BCUT2D eigenvalue weighted by molar-refractivity contribution is -0.119. The molecule has 0 saturated carbocycles. The molecule has 4 rings (SSSR count). The molecule has 10 heteroatoms. The number of aromatic nitrogens is 1. The van der Waals surface area contributed by atoms with Crippen LogP contribution in [0.1, 0.15) is 27.0 Å². The number of thiophene rings is 1. The summed E-state index contributed by atoms with van der Waals surface area (Å²) in [5.41, 5.74) is 1.49. The summed E-state index contributed by atoms with van der Waals surface area (Å²) in [5, 5.41) is 2.68. The van der Waals surface area contributed by atoms with Crippen molar-refractivity contribution in [2.45, 2.75) is 6.92 Å². The number of esters is 2. The minimum atomic E-state index is -0.657. The van der Waals surface area contributed by atoms with E-state index in [2.05, 4.69) is 10.3 Å². The summed E-state index contributed by atoms with van der Waals surface area (Å²) in [5.74, 6) is -1.26. The molecule has 182 valence electrons. The van der Waals surface area contributed by atoms with E-state index >= 15 is 0 Å². The average Bonchev–Trinajstić information content (AvgIpc) is 3.32. The lowest BCUT2D eigenvalue weighted by atomic mass is 10.2. The summed E-state index contributed by atoms with van der Waals surface area (Å²) in [6, 6.07) is 14.5. The van der Waals surface area contributed by atoms with E-state index in [1.807, 2.05) is 35.2 Å². The number of anilines is 2. The normalized spacial score (nSPS) is 13.2. The van der Waals surface area contributed by atoms with Crippen molar-refractivity contribution >= 4 is 40.7 Å². The van der Waals surface area contributed by atoms with Crippen molar-refractivity contribution in [1.82, 2.24) is 4.98 Å². The van der Waals surface area contributed by atoms with Crippen molar-refractivity contribution in [2.75, 3.05) is 49.7 Å². The number of ether oxygens (including phenoxy) is 3. The molecule has 1 fully saturated rings. The molecule has 3 aromatic rings. The van der Waals surface area contributed by atoms with Crippen LogP contribution in [0.3, 0.4) is 0 Å². The first-order valence-electron chi connectivity index (χ1n) is 11.2. The van der Waals surface area contributed by atoms with Crippen LogP contribution in [-0.4, -0.2) is 62.3 Å². The van der Waals surface area contributed by atoms with Crippen LogP contribution in [0, 0.1) is 0 Å². The van der Waals surface area contributed by atoms with Crippen molar-refractivity contribution in [3.05, 3.63) is 65.2 Å². The summed E-state index contributed by atoms with van der Waals surface area (Å²) in [7, 11) is 0. The predicted octanol–water partition coefficient (Wildman–Crippen LogP) is 3.62. The van der Waals surface area contributed by atoms with Crippen LogP contribution < -0.4 is 10.2 Å². The van der Waals surface area contributed by atoms with E-state index in [9.17, 15) is 14.4 Å². The van der Waals surface area contributed by atoms with E-state index in [-0.39, 0.29) is 17.0 Å². The number of hydrogen-bond acceptors (Lipinski definition) is 9. The van der Waals surface area contributed by atoms with Crippen molar-refractivity contribution in [2.24, 2.45) is 0 Å². The number of hydrogen-bond donors (Lipinski definition) is 1. The smallest absolute Gasteiger partial charge is 0.350 e. The fourth-order valence-corrected chi connectivity index (χ4v) is 4.57. The summed E-state index contributed by atoms with van der Waals surface area (Å²) in [4.78, 5) is 45.2. The Morgan fingerprint density at radius 2 is 1.83 bits per heavy atom. The molecule has 1 aliphatic heterocycles. The molecule has 2 aromatic heterocycles. The minimum absolute atomic E-state index is 0.207. The Bertz CT molecular complexity index is 1190. The number of morpholine rings is 1. The van der Waals surface area contributed by atoms with Gasteiger partial charge in [0.1, 0.15) is 16.3 Å². The Hall–Kier alpha value is -3.76. The lowest BCUT2D eigenvalue weighted by Crippen LogP contribution is -2.37. The van der Waals surface area contributed by atoms with Crippen LogP contribution in [0.4, 0.5) is 11.5 Å². The van der Waals surface area contributed by atoms with Crippen LogP contribution in [0.15, 0.2) is 54.7 Å². The lowest BCUT2D eigenvalue weighted by Gasteiger charge is -2.28. The number of rotatable bonds is 8. The Balaban J connectivity index is 1.45. The number of carbonyl (C=O) groups is 3. The molecular formula is C25H25N3O6S. The topological polar surface area (TPSA) is 107 Å². The Kier molecular flexibility index (Phi) is 8.07. The van der Waals surface area contributed by atoms with Crippen LogP contribution >= 0.6 is 11.3 Å². The summed E-state index contributed by atoms with van der Waals surface area (Å²) in [6.45, 7) is 3.70. The first kappa shape index (κ1) is 24.4. The second kappa shape index (κ2) is 11.6. The van der Waals surface area contributed by atoms with Crippen LogP contribution in [0.2, 0.25) is 0 Å². The van der Waals surface area contributed by atoms with Gasteiger partial charge in [-0.1, -0.05) is 30.3 Å². The molecule has 0 atom stereocenters. The Morgan fingerprint density at radius 1 is 1.06 bits per heavy atom. The third-order valence-corrected chi connectivity index (χ3v) is 6.34. The van der Waals surface area contributed by atoms with Gasteiger partial charge in [-0.15, -0.1) is 11.3 Å². The third kappa shape index (κ3) is 6.03. The predicted molar refractivity (Wildman–Crippen MR) is 132 cm³/mol. The van der Waals surface area contributed by atoms with Gasteiger partial charge < -0.3 is 24.4 Å². The standard InChI is InChI=1S/C25H25N3O6S/c1-2-33-25(31)22-19(15-20(35-22)17-7-4-3-5-8-17)27-21(29)16-34-24(30)18-9-6-10-26-23(18)28-11-13-32-14-12-28/h3-10,15H,2,11-14,16H2,1H3,(H,27,29). The summed E-state index contributed by atoms with van der Waals surface area (Å²) < 4.78 is 15.8. The second-order valence-electron chi connectivity index (χ2n) is 7.54. The molecule has 1 saturated heterocycles. The maximum absolute atomic E-state index is 12.7. The second-order valence-corrected chi connectivity index (χ2v) is 8.59. The van der Waals surface area contributed by atoms with Crippen LogP contribution in [0.25, 0.3) is 10.4 Å². The molecule has 0 aliphatic carbocycles. The van der Waals surface area contributed by atoms with Gasteiger partial charge in [-0.05, 0) is 30.7 Å². The number of amides is 1. The van der Waals surface area contributed by atoms with Crippen molar-refractivity contribution in [3.63, 3.8) is 0 Å². The molecule has 35 heavy (non-hydrogen) atoms. The summed E-state index contributed by atoms with van der Waals surface area (Å²) >= 11 is 1.22. The Labute approximate surface area is 206 Å². The first-order chi connectivity index (χ1) is 17.1. The van der Waals surface area contributed by atoms with Gasteiger partial charge in [0, 0.05) is 24.2 Å². The highest BCUT2D eigenvalue weighted by Crippen LogP contribution is 2.35. The van der Waals surface area contributed by atoms with Crippen LogP contribution in [0.5, 0.6) is 0 Å². The molecule has 0 bridgehead atoms. The van der Waals surface area contributed by atoms with Gasteiger partial charge in [0.2, 0.25) is 0 Å². The SMILES string of the molecule is CCOC(=O)c1sc(-c2ccccc2)cc1NC(=O)COC(=O)c1cccnc1N1CCOCC1. The highest BCUT2D eigenvalue weighted by Gasteiger charge is 2.23. The highest BCUT2D eigenvalue weighted by molar-refractivity contribution is 7.18. The molecule has 1 N–H and O–H groups in total. The molecular weight excluding hydrogens is 470 g/mol. The monoisotopic (exact) mass is 495 g/mol. The quantitative estimate of drug-likeness (QED) is 0.472. The van der Waals surface area contributed by atoms with E-state index in [1.54, 1.807) is 31.3 Å². The molecule has 3 heterocycles. The largest absolute Gasteiger partial charge is 0.462 e. The number of benzene rings is 1. The Morgan fingerprint density at radius 3 is 2.57 bits per heavy atom. The molecule has 0 spiro atoms. The van der Waals surface area contributed by atoms with E-state index < -0.39 is 24.5 Å². The maximum atomic E-state index is 12.7. The van der Waals surface area contributed by atoms with E-state index in [0.717, 1.165) is 10.4 Å². The first-order valence-corrected chi connectivity index (χ1v) is 12.0. The molecule has 0 radical (unpaired) electrons. The maximum Gasteiger partial charge on any atom is 0.350 e. The van der Waals surface area contributed by atoms with E-state index in [4.69, 9.17) is 14.2 Å². The molecule has 1 amide bonds. The number of carbonyl (C=O) groups excluding carboxylic acids is 3. The van der Waals surface area contributed by atoms with Crippen molar-refractivity contribution in [1.29, 1.82) is 0 Å². The number of nitrogens with zero attached hydrogens (tertiary/aromatic N) is 2. The van der Waals surface area contributed by atoms with Crippen molar-refractivity contribution < 1.29 is 28.6 Å². The van der Waals surface area contributed by atoms with Gasteiger partial charge >= 0.3 is 11.9 Å². The van der Waals surface area contributed by atoms with Gasteiger partial charge in [0.25, 0.3) is 5.91 Å². The third-order valence-electron chi connectivity index (χ3n) is 5.18. The average molecular weight is 496 g/mol. The minimum Gasteiger partial charge on any atom is -0.462 e. The fourth-order valence-electron chi connectivity index (χ4n) is 3.56. The van der Waals surface area contributed by atoms with E-state index in [1.165, 1.54) is 11.3 Å².